The van der Waals surface area contributed by atoms with E-state index >= 15 is 0 Å². The lowest BCUT2D eigenvalue weighted by atomic mass is 10.1. The molecule has 2 amide bonds. The van der Waals surface area contributed by atoms with Gasteiger partial charge >= 0.3 is 0 Å². The highest BCUT2D eigenvalue weighted by Crippen LogP contribution is 2.27. The van der Waals surface area contributed by atoms with E-state index < -0.39 is 28.5 Å². The maximum absolute atomic E-state index is 13.9. The lowest BCUT2D eigenvalue weighted by molar-refractivity contribution is -0.140. The quantitative estimate of drug-likeness (QED) is 0.377. The van der Waals surface area contributed by atoms with Crippen LogP contribution in [0.1, 0.15) is 24.5 Å². The van der Waals surface area contributed by atoms with E-state index in [2.05, 4.69) is 5.32 Å². The Balaban J connectivity index is 2.05. The molecule has 1 atom stereocenters. The van der Waals surface area contributed by atoms with Crippen LogP contribution in [0.3, 0.4) is 0 Å². The Morgan fingerprint density at radius 1 is 0.974 bits per heavy atom. The molecule has 0 aliphatic carbocycles. The Hall–Kier alpha value is -3.56. The highest BCUT2D eigenvalue weighted by Gasteiger charge is 2.33. The zero-order valence-electron chi connectivity index (χ0n) is 21.8. The van der Waals surface area contributed by atoms with E-state index in [1.54, 1.807) is 67.6 Å². The Kier molecular flexibility index (Phi) is 9.77. The monoisotopic (exact) mass is 557 g/mol. The Morgan fingerprint density at radius 2 is 1.58 bits per heavy atom. The van der Waals surface area contributed by atoms with Gasteiger partial charge < -0.3 is 15.0 Å². The molecule has 8 nitrogen and oxygen atoms in total. The molecule has 1 N–H and O–H groups in total. The van der Waals surface area contributed by atoms with Gasteiger partial charge in [-0.05, 0) is 67.4 Å². The summed E-state index contributed by atoms with van der Waals surface area (Å²) >= 11 is 6.02. The lowest BCUT2D eigenvalue weighted by Gasteiger charge is -2.33. The maximum atomic E-state index is 13.9. The molecule has 0 fully saturated rings. The van der Waals surface area contributed by atoms with Gasteiger partial charge in [-0.25, -0.2) is 8.42 Å². The fraction of sp³-hybridized carbons (Fsp3) is 0.286. The van der Waals surface area contributed by atoms with E-state index in [1.165, 1.54) is 31.2 Å². The first-order chi connectivity index (χ1) is 18.1. The molecule has 0 aliphatic heterocycles. The number of hydrogen-bond donors (Lipinski definition) is 1. The molecule has 0 aliphatic rings. The summed E-state index contributed by atoms with van der Waals surface area (Å²) in [6.07, 6.45) is 0.340. The number of methoxy groups -OCH3 is 1. The van der Waals surface area contributed by atoms with Crippen LogP contribution in [0.4, 0.5) is 5.69 Å². The second-order valence-corrected chi connectivity index (χ2v) is 11.0. The normalized spacial score (nSPS) is 11.9. The number of rotatable bonds is 11. The smallest absolute Gasteiger partial charge is 0.264 e. The molecule has 0 bridgehead atoms. The van der Waals surface area contributed by atoms with Crippen molar-refractivity contribution in [2.45, 2.75) is 37.8 Å². The van der Waals surface area contributed by atoms with Gasteiger partial charge in [-0.3, -0.25) is 13.9 Å². The molecule has 3 aromatic rings. The summed E-state index contributed by atoms with van der Waals surface area (Å²) in [6, 6.07) is 19.0. The second-order valence-electron chi connectivity index (χ2n) is 8.71. The molecular formula is C28H32ClN3O5S. The number of amides is 2. The van der Waals surface area contributed by atoms with Crippen molar-refractivity contribution in [3.05, 3.63) is 88.9 Å². The molecule has 0 unspecified atom stereocenters. The SMILES string of the molecule is CC[C@@H](C(=O)NC)N(Cc1ccc(Cl)cc1)C(=O)CN(c1ccc(OC)cc1)S(=O)(=O)c1ccc(C)cc1. The van der Waals surface area contributed by atoms with Gasteiger partial charge in [0.2, 0.25) is 11.8 Å². The van der Waals surface area contributed by atoms with Crippen LogP contribution in [-0.4, -0.2) is 51.9 Å². The minimum atomic E-state index is -4.13. The topological polar surface area (TPSA) is 96.0 Å². The molecule has 202 valence electrons. The second kappa shape index (κ2) is 12.8. The predicted octanol–water partition coefficient (Wildman–Crippen LogP) is 4.41. The number of sulfonamides is 1. The van der Waals surface area contributed by atoms with Crippen molar-refractivity contribution in [1.82, 2.24) is 10.2 Å². The van der Waals surface area contributed by atoms with Crippen molar-refractivity contribution in [1.29, 1.82) is 0 Å². The first-order valence-corrected chi connectivity index (χ1v) is 13.9. The summed E-state index contributed by atoms with van der Waals surface area (Å²) in [4.78, 5) is 28.1. The summed E-state index contributed by atoms with van der Waals surface area (Å²) < 4.78 is 33.9. The number of likely N-dealkylation sites (N-methyl/N-ethyl adjacent to an activating group) is 1. The molecular weight excluding hydrogens is 526 g/mol. The first kappa shape index (κ1) is 29.0. The van der Waals surface area contributed by atoms with Gasteiger partial charge in [0.1, 0.15) is 18.3 Å². The van der Waals surface area contributed by atoms with Crippen LogP contribution in [0.25, 0.3) is 0 Å². The molecule has 0 radical (unpaired) electrons. The summed E-state index contributed by atoms with van der Waals surface area (Å²) in [5.41, 5.74) is 1.95. The van der Waals surface area contributed by atoms with Gasteiger partial charge in [0.05, 0.1) is 17.7 Å². The van der Waals surface area contributed by atoms with E-state index in [0.717, 1.165) is 15.4 Å². The van der Waals surface area contributed by atoms with E-state index in [4.69, 9.17) is 16.3 Å². The van der Waals surface area contributed by atoms with Gasteiger partial charge in [-0.1, -0.05) is 48.4 Å². The molecule has 38 heavy (non-hydrogen) atoms. The minimum absolute atomic E-state index is 0.0503. The third-order valence-electron chi connectivity index (χ3n) is 6.15. The van der Waals surface area contributed by atoms with Crippen LogP contribution in [0.2, 0.25) is 5.02 Å². The third-order valence-corrected chi connectivity index (χ3v) is 8.19. The standard InChI is InChI=1S/C28H32ClN3O5S/c1-5-26(28(34)30-3)31(18-21-8-10-22(29)11-9-21)27(33)19-32(23-12-14-24(37-4)15-13-23)38(35,36)25-16-6-20(2)7-17-25/h6-17,26H,5,18-19H2,1-4H3,(H,30,34)/t26-/m0/s1. The number of aryl methyl sites for hydroxylation is 1. The van der Waals surface area contributed by atoms with Crippen LogP contribution in [0.15, 0.2) is 77.7 Å². The molecule has 0 heterocycles. The van der Waals surface area contributed by atoms with Gasteiger partial charge in [-0.15, -0.1) is 0 Å². The Morgan fingerprint density at radius 3 is 2.11 bits per heavy atom. The minimum Gasteiger partial charge on any atom is -0.497 e. The van der Waals surface area contributed by atoms with E-state index in [-0.39, 0.29) is 17.3 Å². The molecule has 0 saturated carbocycles. The fourth-order valence-electron chi connectivity index (χ4n) is 3.99. The summed E-state index contributed by atoms with van der Waals surface area (Å²) in [6.45, 7) is 3.25. The van der Waals surface area contributed by atoms with Gasteiger partial charge in [0.15, 0.2) is 0 Å². The van der Waals surface area contributed by atoms with Crippen molar-refractivity contribution in [2.24, 2.45) is 0 Å². The number of ether oxygens (including phenoxy) is 1. The van der Waals surface area contributed by atoms with Gasteiger partial charge in [0.25, 0.3) is 10.0 Å². The molecule has 10 heteroatoms. The fourth-order valence-corrected chi connectivity index (χ4v) is 5.53. The van der Waals surface area contributed by atoms with Crippen molar-refractivity contribution >= 4 is 39.1 Å². The average Bonchev–Trinajstić information content (AvgIpc) is 2.92. The zero-order chi connectivity index (χ0) is 27.9. The number of nitrogens with one attached hydrogen (secondary N) is 1. The summed E-state index contributed by atoms with van der Waals surface area (Å²) in [5.74, 6) is -0.322. The summed E-state index contributed by atoms with van der Waals surface area (Å²) in [7, 11) is -1.12. The van der Waals surface area contributed by atoms with E-state index in [0.29, 0.717) is 22.9 Å². The first-order valence-electron chi connectivity index (χ1n) is 12.1. The zero-order valence-corrected chi connectivity index (χ0v) is 23.4. The Labute approximate surface area is 229 Å². The van der Waals surface area contributed by atoms with Crippen LogP contribution in [-0.2, 0) is 26.2 Å². The van der Waals surface area contributed by atoms with Gasteiger partial charge in [0, 0.05) is 18.6 Å². The van der Waals surface area contributed by atoms with E-state index in [1.807, 2.05) is 6.92 Å². The molecule has 3 rings (SSSR count). The number of carbonyl (C=O) groups is 2. The van der Waals surface area contributed by atoms with Crippen LogP contribution in [0, 0.1) is 6.92 Å². The van der Waals surface area contributed by atoms with Crippen LogP contribution in [0.5, 0.6) is 5.75 Å². The Bertz CT molecular complexity index is 1340. The highest BCUT2D eigenvalue weighted by atomic mass is 35.5. The lowest BCUT2D eigenvalue weighted by Crippen LogP contribution is -2.51. The van der Waals surface area contributed by atoms with Crippen molar-refractivity contribution in [3.8, 4) is 5.75 Å². The third kappa shape index (κ3) is 6.85. The largest absolute Gasteiger partial charge is 0.497 e. The summed E-state index contributed by atoms with van der Waals surface area (Å²) in [5, 5.41) is 3.15. The number of benzene rings is 3. The molecule has 3 aromatic carbocycles. The molecule has 0 saturated heterocycles. The van der Waals surface area contributed by atoms with Crippen LogP contribution >= 0.6 is 11.6 Å². The number of nitrogens with zero attached hydrogens (tertiary/aromatic N) is 2. The highest BCUT2D eigenvalue weighted by molar-refractivity contribution is 7.92. The number of halogens is 1. The maximum Gasteiger partial charge on any atom is 0.264 e. The number of anilines is 1. The van der Waals surface area contributed by atoms with Crippen molar-refractivity contribution < 1.29 is 22.7 Å². The number of hydrogen-bond acceptors (Lipinski definition) is 5. The molecule has 0 aromatic heterocycles. The van der Waals surface area contributed by atoms with Crippen molar-refractivity contribution in [3.63, 3.8) is 0 Å². The van der Waals surface area contributed by atoms with E-state index in [9.17, 15) is 18.0 Å². The predicted molar refractivity (Wildman–Crippen MR) is 149 cm³/mol. The van der Waals surface area contributed by atoms with Crippen molar-refractivity contribution in [2.75, 3.05) is 25.0 Å². The number of carbonyl (C=O) groups excluding carboxylic acids is 2. The van der Waals surface area contributed by atoms with Gasteiger partial charge in [-0.2, -0.15) is 0 Å². The molecule has 0 spiro atoms. The average molecular weight is 558 g/mol. The van der Waals surface area contributed by atoms with Crippen LogP contribution < -0.4 is 14.4 Å².